The molecule has 0 spiro atoms. The van der Waals surface area contributed by atoms with Crippen LogP contribution in [0.15, 0.2) is 60.7 Å². The van der Waals surface area contributed by atoms with Crippen molar-refractivity contribution >= 4 is 0 Å². The molecule has 0 atom stereocenters. The third kappa shape index (κ3) is 2.80. The van der Waals surface area contributed by atoms with Gasteiger partial charge in [-0.3, -0.25) is 0 Å². The third-order valence-electron chi connectivity index (χ3n) is 4.70. The second kappa shape index (κ2) is 6.68. The molecule has 0 radical (unpaired) electrons. The standard InChI is InChI=1S/C23H27N/c1-16(2)22-20(18-12-8-6-9-13-18)21(19-14-10-7-11-15-19)23(17(3)4)24(22)5/h6-17H,1-5H3. The van der Waals surface area contributed by atoms with Crippen molar-refractivity contribution < 1.29 is 0 Å². The molecule has 1 heteroatoms. The fraction of sp³-hybridized carbons (Fsp3) is 0.304. The lowest BCUT2D eigenvalue weighted by molar-refractivity contribution is 0.680. The Bertz CT molecular complexity index is 739. The highest BCUT2D eigenvalue weighted by Gasteiger charge is 2.25. The van der Waals surface area contributed by atoms with Crippen LogP contribution in [0.4, 0.5) is 0 Å². The lowest BCUT2D eigenvalue weighted by Gasteiger charge is -2.14. The van der Waals surface area contributed by atoms with Gasteiger partial charge in [0.15, 0.2) is 0 Å². The molecule has 124 valence electrons. The van der Waals surface area contributed by atoms with Gasteiger partial charge in [-0.05, 0) is 23.0 Å². The Kier molecular flexibility index (Phi) is 4.62. The molecule has 0 unspecified atom stereocenters. The third-order valence-corrected chi connectivity index (χ3v) is 4.70. The van der Waals surface area contributed by atoms with Gasteiger partial charge in [0.1, 0.15) is 0 Å². The van der Waals surface area contributed by atoms with E-state index in [1.165, 1.54) is 33.6 Å². The minimum atomic E-state index is 0.472. The van der Waals surface area contributed by atoms with E-state index in [9.17, 15) is 0 Å². The number of hydrogen-bond acceptors (Lipinski definition) is 0. The summed E-state index contributed by atoms with van der Waals surface area (Å²) in [6.07, 6.45) is 0. The minimum Gasteiger partial charge on any atom is -0.350 e. The molecular formula is C23H27N. The second-order valence-corrected chi connectivity index (χ2v) is 7.12. The molecule has 1 aromatic heterocycles. The lowest BCUT2D eigenvalue weighted by Crippen LogP contribution is -2.04. The molecule has 1 nitrogen and oxygen atoms in total. The zero-order valence-corrected chi connectivity index (χ0v) is 15.4. The van der Waals surface area contributed by atoms with Crippen molar-refractivity contribution in [1.82, 2.24) is 4.57 Å². The highest BCUT2D eigenvalue weighted by atomic mass is 15.0. The molecule has 0 amide bonds. The molecular weight excluding hydrogens is 290 g/mol. The lowest BCUT2D eigenvalue weighted by atomic mass is 9.90. The molecule has 0 saturated heterocycles. The number of aromatic nitrogens is 1. The molecule has 0 aliphatic rings. The van der Waals surface area contributed by atoms with E-state index >= 15 is 0 Å². The summed E-state index contributed by atoms with van der Waals surface area (Å²) in [6.45, 7) is 9.17. The van der Waals surface area contributed by atoms with Gasteiger partial charge in [-0.25, -0.2) is 0 Å². The Morgan fingerprint density at radius 1 is 0.583 bits per heavy atom. The van der Waals surface area contributed by atoms with Crippen molar-refractivity contribution in [2.45, 2.75) is 39.5 Å². The monoisotopic (exact) mass is 317 g/mol. The molecule has 0 N–H and O–H groups in total. The van der Waals surface area contributed by atoms with Gasteiger partial charge in [-0.2, -0.15) is 0 Å². The van der Waals surface area contributed by atoms with E-state index in [2.05, 4.69) is 100.0 Å². The zero-order valence-electron chi connectivity index (χ0n) is 15.4. The molecule has 0 aliphatic heterocycles. The first-order chi connectivity index (χ1) is 11.5. The first-order valence-electron chi connectivity index (χ1n) is 8.85. The SMILES string of the molecule is CC(C)c1c(-c2ccccc2)c(-c2ccccc2)c(C(C)C)n1C. The second-order valence-electron chi connectivity index (χ2n) is 7.12. The van der Waals surface area contributed by atoms with Crippen LogP contribution >= 0.6 is 0 Å². The Hall–Kier alpha value is -2.28. The van der Waals surface area contributed by atoms with Gasteiger partial charge < -0.3 is 4.57 Å². The van der Waals surface area contributed by atoms with Crippen LogP contribution in [0.2, 0.25) is 0 Å². The molecule has 3 aromatic rings. The van der Waals surface area contributed by atoms with Gasteiger partial charge in [0.2, 0.25) is 0 Å². The number of benzene rings is 2. The van der Waals surface area contributed by atoms with Crippen LogP contribution in [-0.4, -0.2) is 4.57 Å². The predicted molar refractivity (Wildman–Crippen MR) is 104 cm³/mol. The van der Waals surface area contributed by atoms with E-state index in [-0.39, 0.29) is 0 Å². The first kappa shape index (κ1) is 16.6. The minimum absolute atomic E-state index is 0.472. The van der Waals surface area contributed by atoms with Crippen LogP contribution in [0.3, 0.4) is 0 Å². The van der Waals surface area contributed by atoms with Crippen LogP contribution in [0.5, 0.6) is 0 Å². The molecule has 2 aromatic carbocycles. The number of rotatable bonds is 4. The molecule has 0 saturated carbocycles. The van der Waals surface area contributed by atoms with Crippen molar-refractivity contribution in [1.29, 1.82) is 0 Å². The summed E-state index contributed by atoms with van der Waals surface area (Å²) in [5.41, 5.74) is 8.24. The molecule has 1 heterocycles. The molecule has 24 heavy (non-hydrogen) atoms. The van der Waals surface area contributed by atoms with Crippen LogP contribution in [0.25, 0.3) is 22.3 Å². The van der Waals surface area contributed by atoms with Gasteiger partial charge >= 0.3 is 0 Å². The predicted octanol–water partition coefficient (Wildman–Crippen LogP) is 6.61. The highest BCUT2D eigenvalue weighted by molar-refractivity contribution is 5.88. The summed E-state index contributed by atoms with van der Waals surface area (Å²) in [7, 11) is 2.23. The fourth-order valence-corrected chi connectivity index (χ4v) is 3.87. The van der Waals surface area contributed by atoms with Crippen molar-refractivity contribution in [3.63, 3.8) is 0 Å². The van der Waals surface area contributed by atoms with Gasteiger partial charge in [0.25, 0.3) is 0 Å². The van der Waals surface area contributed by atoms with Gasteiger partial charge in [-0.15, -0.1) is 0 Å². The van der Waals surface area contributed by atoms with Crippen molar-refractivity contribution in [2.75, 3.05) is 0 Å². The Morgan fingerprint density at radius 3 is 1.21 bits per heavy atom. The fourth-order valence-electron chi connectivity index (χ4n) is 3.87. The van der Waals surface area contributed by atoms with Crippen LogP contribution in [0, 0.1) is 0 Å². The van der Waals surface area contributed by atoms with E-state index in [0.717, 1.165) is 0 Å². The largest absolute Gasteiger partial charge is 0.350 e. The maximum absolute atomic E-state index is 2.43. The molecule has 3 rings (SSSR count). The summed E-state index contributed by atoms with van der Waals surface area (Å²) in [4.78, 5) is 0. The number of nitrogens with zero attached hydrogens (tertiary/aromatic N) is 1. The summed E-state index contributed by atoms with van der Waals surface area (Å²) < 4.78 is 2.43. The molecule has 0 bridgehead atoms. The number of hydrogen-bond donors (Lipinski definition) is 0. The molecule has 0 fully saturated rings. The van der Waals surface area contributed by atoms with Gasteiger partial charge in [0, 0.05) is 29.6 Å². The van der Waals surface area contributed by atoms with Gasteiger partial charge in [-0.1, -0.05) is 88.4 Å². The summed E-state index contributed by atoms with van der Waals surface area (Å²) >= 11 is 0. The van der Waals surface area contributed by atoms with Gasteiger partial charge in [0.05, 0.1) is 0 Å². The van der Waals surface area contributed by atoms with Crippen LogP contribution < -0.4 is 0 Å². The molecule has 0 aliphatic carbocycles. The zero-order chi connectivity index (χ0) is 17.3. The van der Waals surface area contributed by atoms with E-state index in [4.69, 9.17) is 0 Å². The summed E-state index contributed by atoms with van der Waals surface area (Å²) in [5.74, 6) is 0.945. The van der Waals surface area contributed by atoms with E-state index in [1.807, 2.05) is 0 Å². The topological polar surface area (TPSA) is 4.93 Å². The van der Waals surface area contributed by atoms with E-state index < -0.39 is 0 Å². The van der Waals surface area contributed by atoms with Crippen LogP contribution in [0.1, 0.15) is 50.9 Å². The average molecular weight is 317 g/mol. The first-order valence-corrected chi connectivity index (χ1v) is 8.85. The summed E-state index contributed by atoms with van der Waals surface area (Å²) in [5, 5.41) is 0. The van der Waals surface area contributed by atoms with E-state index in [1.54, 1.807) is 0 Å². The maximum atomic E-state index is 2.43. The Balaban J connectivity index is 2.43. The smallest absolute Gasteiger partial charge is 0.0285 e. The van der Waals surface area contributed by atoms with Crippen molar-refractivity contribution in [3.8, 4) is 22.3 Å². The van der Waals surface area contributed by atoms with E-state index in [0.29, 0.717) is 11.8 Å². The Morgan fingerprint density at radius 2 is 0.917 bits per heavy atom. The van der Waals surface area contributed by atoms with Crippen molar-refractivity contribution in [3.05, 3.63) is 72.1 Å². The van der Waals surface area contributed by atoms with Crippen molar-refractivity contribution in [2.24, 2.45) is 7.05 Å². The Labute approximate surface area is 146 Å². The maximum Gasteiger partial charge on any atom is 0.0285 e. The quantitative estimate of drug-likeness (QED) is 0.510. The normalized spacial score (nSPS) is 11.5. The average Bonchev–Trinajstić information content (AvgIpc) is 2.90. The highest BCUT2D eigenvalue weighted by Crippen LogP contribution is 2.44. The van der Waals surface area contributed by atoms with Crippen LogP contribution in [-0.2, 0) is 7.05 Å². The summed E-state index contributed by atoms with van der Waals surface area (Å²) in [6, 6.07) is 21.7.